The number of carbonyl (C=O) groups excluding carboxylic acids is 2. The summed E-state index contributed by atoms with van der Waals surface area (Å²) in [5, 5.41) is 6.64. The van der Waals surface area contributed by atoms with Crippen molar-refractivity contribution in [2.45, 2.75) is 33.4 Å². The van der Waals surface area contributed by atoms with Crippen LogP contribution >= 0.6 is 0 Å². The van der Waals surface area contributed by atoms with Crippen molar-refractivity contribution in [2.24, 2.45) is 0 Å². The third kappa shape index (κ3) is 5.02. The van der Waals surface area contributed by atoms with Crippen LogP contribution in [0.25, 0.3) is 0 Å². The molecule has 3 rings (SSSR count). The van der Waals surface area contributed by atoms with Gasteiger partial charge in [-0.2, -0.15) is 0 Å². The van der Waals surface area contributed by atoms with Crippen LogP contribution in [-0.2, 0) is 11.3 Å². The summed E-state index contributed by atoms with van der Waals surface area (Å²) in [5.74, 6) is 0.855. The Morgan fingerprint density at radius 1 is 1.19 bits per heavy atom. The standard InChI is InChI=1S/C20H26N4O3/c1-14-12-19(27-22-14)13-23-8-10-24(11-9-23)15(2)20(26)17-4-6-18(7-5-17)21-16(3)25/h4-7,12,15H,8-11,13H2,1-3H3,(H,21,25). The molecule has 7 nitrogen and oxygen atoms in total. The second kappa shape index (κ2) is 8.45. The number of rotatable bonds is 6. The van der Waals surface area contributed by atoms with E-state index < -0.39 is 0 Å². The molecule has 0 spiro atoms. The molecule has 1 amide bonds. The summed E-state index contributed by atoms with van der Waals surface area (Å²) < 4.78 is 5.29. The molecule has 27 heavy (non-hydrogen) atoms. The second-order valence-electron chi connectivity index (χ2n) is 7.05. The van der Waals surface area contributed by atoms with Crippen LogP contribution in [0.2, 0.25) is 0 Å². The minimum absolute atomic E-state index is 0.101. The van der Waals surface area contributed by atoms with Gasteiger partial charge in [0.25, 0.3) is 0 Å². The van der Waals surface area contributed by atoms with Gasteiger partial charge in [0.1, 0.15) is 0 Å². The highest BCUT2D eigenvalue weighted by atomic mass is 16.5. The quantitative estimate of drug-likeness (QED) is 0.787. The zero-order valence-corrected chi connectivity index (χ0v) is 16.1. The highest BCUT2D eigenvalue weighted by Gasteiger charge is 2.26. The van der Waals surface area contributed by atoms with Crippen LogP contribution in [-0.4, -0.2) is 58.9 Å². The van der Waals surface area contributed by atoms with Crippen LogP contribution in [0.4, 0.5) is 5.69 Å². The molecule has 1 N–H and O–H groups in total. The fraction of sp³-hybridized carbons (Fsp3) is 0.450. The molecule has 1 aliphatic heterocycles. The minimum Gasteiger partial charge on any atom is -0.360 e. The Morgan fingerprint density at radius 2 is 1.85 bits per heavy atom. The lowest BCUT2D eigenvalue weighted by Gasteiger charge is -2.37. The number of ketones is 1. The van der Waals surface area contributed by atoms with E-state index in [1.165, 1.54) is 6.92 Å². The van der Waals surface area contributed by atoms with E-state index in [0.717, 1.165) is 44.2 Å². The van der Waals surface area contributed by atoms with E-state index in [1.54, 1.807) is 24.3 Å². The van der Waals surface area contributed by atoms with Gasteiger partial charge < -0.3 is 9.84 Å². The zero-order chi connectivity index (χ0) is 19.4. The predicted octanol–water partition coefficient (Wildman–Crippen LogP) is 2.33. The number of piperazine rings is 1. The van der Waals surface area contributed by atoms with Gasteiger partial charge in [0.15, 0.2) is 11.5 Å². The number of hydrogen-bond donors (Lipinski definition) is 1. The van der Waals surface area contributed by atoms with Gasteiger partial charge in [0.05, 0.1) is 18.3 Å². The number of aryl methyl sites for hydroxylation is 1. The molecule has 0 radical (unpaired) electrons. The van der Waals surface area contributed by atoms with Crippen molar-refractivity contribution in [2.75, 3.05) is 31.5 Å². The smallest absolute Gasteiger partial charge is 0.221 e. The third-order valence-corrected chi connectivity index (χ3v) is 4.88. The van der Waals surface area contributed by atoms with Crippen molar-refractivity contribution < 1.29 is 14.1 Å². The summed E-state index contributed by atoms with van der Waals surface area (Å²) in [6, 6.07) is 8.85. The number of amides is 1. The van der Waals surface area contributed by atoms with Gasteiger partial charge in [-0.3, -0.25) is 19.4 Å². The Kier molecular flexibility index (Phi) is 6.03. The Bertz CT molecular complexity index is 792. The average Bonchev–Trinajstić information content (AvgIpc) is 3.06. The number of Topliss-reactive ketones (excluding diaryl/α,β-unsaturated/α-hetero) is 1. The van der Waals surface area contributed by atoms with Crippen molar-refractivity contribution in [1.82, 2.24) is 15.0 Å². The number of anilines is 1. The molecule has 1 atom stereocenters. The van der Waals surface area contributed by atoms with Crippen LogP contribution in [0.15, 0.2) is 34.9 Å². The summed E-state index contributed by atoms with van der Waals surface area (Å²) >= 11 is 0. The van der Waals surface area contributed by atoms with E-state index in [4.69, 9.17) is 4.52 Å². The Morgan fingerprint density at radius 3 is 2.41 bits per heavy atom. The van der Waals surface area contributed by atoms with Gasteiger partial charge in [-0.25, -0.2) is 0 Å². The first kappa shape index (κ1) is 19.3. The van der Waals surface area contributed by atoms with Crippen LogP contribution < -0.4 is 5.32 Å². The largest absolute Gasteiger partial charge is 0.360 e. The third-order valence-electron chi connectivity index (χ3n) is 4.88. The lowest BCUT2D eigenvalue weighted by Crippen LogP contribution is -2.51. The summed E-state index contributed by atoms with van der Waals surface area (Å²) in [6.45, 7) is 9.54. The van der Waals surface area contributed by atoms with Gasteiger partial charge in [0, 0.05) is 50.4 Å². The summed E-state index contributed by atoms with van der Waals surface area (Å²) in [7, 11) is 0. The molecule has 1 saturated heterocycles. The first-order valence-electron chi connectivity index (χ1n) is 9.23. The van der Waals surface area contributed by atoms with Crippen molar-refractivity contribution in [3.05, 3.63) is 47.3 Å². The van der Waals surface area contributed by atoms with Crippen LogP contribution in [0.3, 0.4) is 0 Å². The molecule has 2 aromatic rings. The topological polar surface area (TPSA) is 78.7 Å². The van der Waals surface area contributed by atoms with E-state index in [2.05, 4.69) is 20.3 Å². The van der Waals surface area contributed by atoms with Crippen molar-refractivity contribution >= 4 is 17.4 Å². The number of benzene rings is 1. The van der Waals surface area contributed by atoms with E-state index in [9.17, 15) is 9.59 Å². The van der Waals surface area contributed by atoms with Gasteiger partial charge in [-0.1, -0.05) is 5.16 Å². The Hall–Kier alpha value is -2.51. The van der Waals surface area contributed by atoms with E-state index in [0.29, 0.717) is 11.3 Å². The molecule has 0 bridgehead atoms. The Labute approximate surface area is 159 Å². The molecule has 1 unspecified atom stereocenters. The zero-order valence-electron chi connectivity index (χ0n) is 16.1. The van der Waals surface area contributed by atoms with Gasteiger partial charge >= 0.3 is 0 Å². The first-order valence-corrected chi connectivity index (χ1v) is 9.23. The molecule has 144 valence electrons. The minimum atomic E-state index is -0.175. The maximum atomic E-state index is 12.8. The number of carbonyl (C=O) groups is 2. The summed E-state index contributed by atoms with van der Waals surface area (Å²) in [6.07, 6.45) is 0. The summed E-state index contributed by atoms with van der Waals surface area (Å²) in [5.41, 5.74) is 2.26. The highest BCUT2D eigenvalue weighted by Crippen LogP contribution is 2.16. The molecule has 1 aromatic carbocycles. The Balaban J connectivity index is 1.52. The molecule has 7 heteroatoms. The molecule has 1 aromatic heterocycles. The van der Waals surface area contributed by atoms with Crippen molar-refractivity contribution in [1.29, 1.82) is 0 Å². The first-order chi connectivity index (χ1) is 12.9. The molecule has 1 aliphatic rings. The normalized spacial score (nSPS) is 16.9. The molecular formula is C20H26N4O3. The fourth-order valence-corrected chi connectivity index (χ4v) is 3.35. The fourth-order valence-electron chi connectivity index (χ4n) is 3.35. The number of aromatic nitrogens is 1. The van der Waals surface area contributed by atoms with Crippen LogP contribution in [0, 0.1) is 6.92 Å². The highest BCUT2D eigenvalue weighted by molar-refractivity contribution is 6.00. The van der Waals surface area contributed by atoms with E-state index in [-0.39, 0.29) is 17.7 Å². The molecule has 1 fully saturated rings. The summed E-state index contributed by atoms with van der Waals surface area (Å²) in [4.78, 5) is 28.4. The molecular weight excluding hydrogens is 344 g/mol. The van der Waals surface area contributed by atoms with Crippen molar-refractivity contribution in [3.8, 4) is 0 Å². The van der Waals surface area contributed by atoms with Gasteiger partial charge in [-0.05, 0) is 38.1 Å². The van der Waals surface area contributed by atoms with Crippen LogP contribution in [0.1, 0.15) is 35.7 Å². The maximum Gasteiger partial charge on any atom is 0.221 e. The monoisotopic (exact) mass is 370 g/mol. The molecule has 0 saturated carbocycles. The lowest BCUT2D eigenvalue weighted by molar-refractivity contribution is -0.114. The number of nitrogens with one attached hydrogen (secondary N) is 1. The average molecular weight is 370 g/mol. The van der Waals surface area contributed by atoms with E-state index in [1.807, 2.05) is 19.9 Å². The predicted molar refractivity (Wildman–Crippen MR) is 103 cm³/mol. The van der Waals surface area contributed by atoms with Crippen LogP contribution in [0.5, 0.6) is 0 Å². The molecule has 2 heterocycles. The molecule has 0 aliphatic carbocycles. The van der Waals surface area contributed by atoms with Gasteiger partial charge in [0.2, 0.25) is 5.91 Å². The second-order valence-corrected chi connectivity index (χ2v) is 7.05. The maximum absolute atomic E-state index is 12.8. The van der Waals surface area contributed by atoms with E-state index >= 15 is 0 Å². The SMILES string of the molecule is CC(=O)Nc1ccc(C(=O)C(C)N2CCN(Cc3cc(C)no3)CC2)cc1. The number of nitrogens with zero attached hydrogens (tertiary/aromatic N) is 3. The number of hydrogen-bond acceptors (Lipinski definition) is 6. The lowest BCUT2D eigenvalue weighted by atomic mass is 10.0. The van der Waals surface area contributed by atoms with Crippen molar-refractivity contribution in [3.63, 3.8) is 0 Å². The van der Waals surface area contributed by atoms with Gasteiger partial charge in [-0.15, -0.1) is 0 Å².